The first-order valence-corrected chi connectivity index (χ1v) is 7.49. The summed E-state index contributed by atoms with van der Waals surface area (Å²) in [5.41, 5.74) is 2.60. The third-order valence-corrected chi connectivity index (χ3v) is 3.96. The Morgan fingerprint density at radius 2 is 2.14 bits per heavy atom. The molecule has 0 aliphatic carbocycles. The van der Waals surface area contributed by atoms with Crippen LogP contribution in [0, 0.1) is 0 Å². The average Bonchev–Trinajstić information content (AvgIpc) is 3.15. The molecular formula is C17H22N4. The molecule has 2 aromatic rings. The molecule has 21 heavy (non-hydrogen) atoms. The molecule has 1 aliphatic heterocycles. The van der Waals surface area contributed by atoms with Gasteiger partial charge in [0.25, 0.3) is 0 Å². The molecule has 0 bridgehead atoms. The van der Waals surface area contributed by atoms with E-state index in [-0.39, 0.29) is 0 Å². The van der Waals surface area contributed by atoms with E-state index in [0.29, 0.717) is 6.04 Å². The van der Waals surface area contributed by atoms with Crippen molar-refractivity contribution in [1.82, 2.24) is 20.0 Å². The van der Waals surface area contributed by atoms with Crippen molar-refractivity contribution in [3.05, 3.63) is 60.4 Å². The molecule has 110 valence electrons. The Labute approximate surface area is 126 Å². The lowest BCUT2D eigenvalue weighted by Gasteiger charge is -2.16. The molecule has 1 aliphatic rings. The topological polar surface area (TPSA) is 33.1 Å². The summed E-state index contributed by atoms with van der Waals surface area (Å²) in [4.78, 5) is 2.51. The van der Waals surface area contributed by atoms with Crippen molar-refractivity contribution in [3.63, 3.8) is 0 Å². The summed E-state index contributed by atoms with van der Waals surface area (Å²) in [5, 5.41) is 7.82. The van der Waals surface area contributed by atoms with Crippen LogP contribution >= 0.6 is 0 Å². The van der Waals surface area contributed by atoms with Crippen molar-refractivity contribution in [2.45, 2.75) is 25.6 Å². The van der Waals surface area contributed by atoms with Crippen molar-refractivity contribution < 1.29 is 0 Å². The maximum atomic E-state index is 4.20. The van der Waals surface area contributed by atoms with E-state index in [1.807, 2.05) is 12.4 Å². The van der Waals surface area contributed by atoms with Crippen LogP contribution in [0.15, 0.2) is 49.3 Å². The van der Waals surface area contributed by atoms with Gasteiger partial charge in [-0.2, -0.15) is 5.10 Å². The second-order valence-electron chi connectivity index (χ2n) is 5.60. The third-order valence-electron chi connectivity index (χ3n) is 3.96. The first kappa shape index (κ1) is 14.0. The van der Waals surface area contributed by atoms with Crippen molar-refractivity contribution in [3.8, 4) is 0 Å². The zero-order valence-electron chi connectivity index (χ0n) is 12.3. The highest BCUT2D eigenvalue weighted by Gasteiger charge is 2.21. The SMILES string of the molecule is C=Cn1cc(CNC2CCN(Cc3ccccc3)C2)cn1. The van der Waals surface area contributed by atoms with Crippen molar-refractivity contribution in [2.75, 3.05) is 13.1 Å². The van der Waals surface area contributed by atoms with E-state index in [2.05, 4.69) is 52.2 Å². The molecule has 0 spiro atoms. The summed E-state index contributed by atoms with van der Waals surface area (Å²) in [6.07, 6.45) is 6.82. The molecule has 2 heterocycles. The van der Waals surface area contributed by atoms with Crippen LogP contribution in [-0.2, 0) is 13.1 Å². The largest absolute Gasteiger partial charge is 0.308 e. The van der Waals surface area contributed by atoms with E-state index in [0.717, 1.165) is 19.6 Å². The monoisotopic (exact) mass is 282 g/mol. The summed E-state index contributed by atoms with van der Waals surface area (Å²) in [5.74, 6) is 0. The van der Waals surface area contributed by atoms with Gasteiger partial charge in [0.1, 0.15) is 0 Å². The van der Waals surface area contributed by atoms with Gasteiger partial charge in [-0.3, -0.25) is 4.90 Å². The van der Waals surface area contributed by atoms with Crippen LogP contribution in [0.25, 0.3) is 6.20 Å². The molecule has 1 fully saturated rings. The molecule has 0 saturated carbocycles. The summed E-state index contributed by atoms with van der Waals surface area (Å²) >= 11 is 0. The second-order valence-corrected chi connectivity index (χ2v) is 5.60. The van der Waals surface area contributed by atoms with Crippen LogP contribution in [0.1, 0.15) is 17.5 Å². The normalized spacial score (nSPS) is 19.0. The van der Waals surface area contributed by atoms with Gasteiger partial charge in [0.2, 0.25) is 0 Å². The lowest BCUT2D eigenvalue weighted by molar-refractivity contribution is 0.320. The first-order valence-electron chi connectivity index (χ1n) is 7.49. The molecule has 1 saturated heterocycles. The quantitative estimate of drug-likeness (QED) is 0.883. The zero-order chi connectivity index (χ0) is 14.5. The molecule has 4 nitrogen and oxygen atoms in total. The van der Waals surface area contributed by atoms with Gasteiger partial charge in [-0.15, -0.1) is 0 Å². The minimum Gasteiger partial charge on any atom is -0.308 e. The van der Waals surface area contributed by atoms with Crippen LogP contribution in [0.5, 0.6) is 0 Å². The maximum absolute atomic E-state index is 4.20. The smallest absolute Gasteiger partial charge is 0.0538 e. The number of hydrogen-bond acceptors (Lipinski definition) is 3. The zero-order valence-corrected chi connectivity index (χ0v) is 12.3. The predicted molar refractivity (Wildman–Crippen MR) is 85.6 cm³/mol. The van der Waals surface area contributed by atoms with E-state index in [9.17, 15) is 0 Å². The highest BCUT2D eigenvalue weighted by atomic mass is 15.2. The van der Waals surface area contributed by atoms with Crippen LogP contribution in [0.3, 0.4) is 0 Å². The van der Waals surface area contributed by atoms with Crippen molar-refractivity contribution in [1.29, 1.82) is 0 Å². The van der Waals surface area contributed by atoms with Gasteiger partial charge in [-0.25, -0.2) is 4.68 Å². The van der Waals surface area contributed by atoms with Crippen LogP contribution in [-0.4, -0.2) is 33.8 Å². The number of hydrogen-bond donors (Lipinski definition) is 1. The standard InChI is InChI=1S/C17H22N4/c1-2-21-13-16(11-19-21)10-18-17-8-9-20(14-17)12-15-6-4-3-5-7-15/h2-7,11,13,17-18H,1,8-10,12,14H2. The van der Waals surface area contributed by atoms with Gasteiger partial charge in [-0.1, -0.05) is 36.9 Å². The lowest BCUT2D eigenvalue weighted by Crippen LogP contribution is -2.31. The number of benzene rings is 1. The second kappa shape index (κ2) is 6.70. The van der Waals surface area contributed by atoms with Crippen molar-refractivity contribution in [2.24, 2.45) is 0 Å². The fourth-order valence-electron chi connectivity index (χ4n) is 2.82. The Bertz CT molecular complexity index is 575. The number of nitrogens with one attached hydrogen (secondary N) is 1. The number of likely N-dealkylation sites (tertiary alicyclic amines) is 1. The third kappa shape index (κ3) is 3.80. The minimum absolute atomic E-state index is 0.570. The van der Waals surface area contributed by atoms with Gasteiger partial charge in [-0.05, 0) is 12.0 Å². The van der Waals surface area contributed by atoms with Gasteiger partial charge in [0, 0.05) is 50.2 Å². The molecule has 0 radical (unpaired) electrons. The Hall–Kier alpha value is -1.91. The molecule has 1 N–H and O–H groups in total. The van der Waals surface area contributed by atoms with E-state index >= 15 is 0 Å². The first-order chi connectivity index (χ1) is 10.3. The summed E-state index contributed by atoms with van der Waals surface area (Å²) in [7, 11) is 0. The van der Waals surface area contributed by atoms with E-state index in [4.69, 9.17) is 0 Å². The number of rotatable bonds is 6. The van der Waals surface area contributed by atoms with Gasteiger partial charge in [0.05, 0.1) is 6.20 Å². The van der Waals surface area contributed by atoms with Crippen molar-refractivity contribution >= 4 is 6.20 Å². The van der Waals surface area contributed by atoms with Crippen LogP contribution < -0.4 is 5.32 Å². The fourth-order valence-corrected chi connectivity index (χ4v) is 2.82. The van der Waals surface area contributed by atoms with Gasteiger partial charge >= 0.3 is 0 Å². The average molecular weight is 282 g/mol. The molecule has 3 rings (SSSR count). The van der Waals surface area contributed by atoms with Gasteiger partial charge < -0.3 is 5.32 Å². The molecular weight excluding hydrogens is 260 g/mol. The molecule has 1 atom stereocenters. The minimum atomic E-state index is 0.570. The Morgan fingerprint density at radius 3 is 2.90 bits per heavy atom. The van der Waals surface area contributed by atoms with Gasteiger partial charge in [0.15, 0.2) is 0 Å². The molecule has 1 aromatic heterocycles. The Morgan fingerprint density at radius 1 is 1.29 bits per heavy atom. The Balaban J connectivity index is 1.45. The highest BCUT2D eigenvalue weighted by molar-refractivity contribution is 5.18. The van der Waals surface area contributed by atoms with Crippen LogP contribution in [0.2, 0.25) is 0 Å². The lowest BCUT2D eigenvalue weighted by atomic mass is 10.2. The van der Waals surface area contributed by atoms with E-state index in [1.54, 1.807) is 10.9 Å². The fraction of sp³-hybridized carbons (Fsp3) is 0.353. The predicted octanol–water partition coefficient (Wildman–Crippen LogP) is 2.35. The summed E-state index contributed by atoms with van der Waals surface area (Å²) in [6.45, 7) is 7.91. The molecule has 1 unspecified atom stereocenters. The number of aromatic nitrogens is 2. The molecule has 4 heteroatoms. The number of nitrogens with zero attached hydrogens (tertiary/aromatic N) is 3. The Kier molecular flexibility index (Phi) is 4.48. The van der Waals surface area contributed by atoms with E-state index < -0.39 is 0 Å². The highest BCUT2D eigenvalue weighted by Crippen LogP contribution is 2.14. The summed E-state index contributed by atoms with van der Waals surface area (Å²) < 4.78 is 1.74. The maximum Gasteiger partial charge on any atom is 0.0538 e. The summed E-state index contributed by atoms with van der Waals surface area (Å²) in [6, 6.07) is 11.3. The van der Waals surface area contributed by atoms with E-state index in [1.165, 1.54) is 24.1 Å². The van der Waals surface area contributed by atoms with Crippen LogP contribution in [0.4, 0.5) is 0 Å². The molecule has 1 aromatic carbocycles. The molecule has 0 amide bonds.